The maximum Gasteiger partial charge on any atom is 0.282 e. The molecule has 3 aromatic carbocycles. The molecule has 1 aliphatic rings. The number of carbonyl (C=O) groups is 2. The summed E-state index contributed by atoms with van der Waals surface area (Å²) in [5, 5.41) is 3.76. The molecule has 0 atom stereocenters. The highest BCUT2D eigenvalue weighted by Crippen LogP contribution is 2.38. The molecule has 0 aromatic heterocycles. The van der Waals surface area contributed by atoms with E-state index in [4.69, 9.17) is 16.3 Å². The number of nitrogens with zero attached hydrogens (tertiary/aromatic N) is 1. The van der Waals surface area contributed by atoms with Gasteiger partial charge in [0.25, 0.3) is 11.8 Å². The zero-order valence-corrected chi connectivity index (χ0v) is 19.1. The van der Waals surface area contributed by atoms with Gasteiger partial charge in [0.2, 0.25) is 0 Å². The molecule has 0 aliphatic carbocycles. The number of amides is 2. The third-order valence-electron chi connectivity index (χ3n) is 5.73. The number of anilines is 2. The predicted molar refractivity (Wildman–Crippen MR) is 128 cm³/mol. The molecule has 5 nitrogen and oxygen atoms in total. The highest BCUT2D eigenvalue weighted by molar-refractivity contribution is 6.46. The molecular formula is C26H23ClN2O3. The summed E-state index contributed by atoms with van der Waals surface area (Å²) in [5.74, 6) is -0.425. The van der Waals surface area contributed by atoms with Crippen LogP contribution < -0.4 is 15.0 Å². The van der Waals surface area contributed by atoms with Crippen molar-refractivity contribution in [3.63, 3.8) is 0 Å². The van der Waals surface area contributed by atoms with Gasteiger partial charge in [0.15, 0.2) is 0 Å². The van der Waals surface area contributed by atoms with E-state index < -0.39 is 11.8 Å². The van der Waals surface area contributed by atoms with Crippen molar-refractivity contribution in [1.82, 2.24) is 0 Å². The topological polar surface area (TPSA) is 58.6 Å². The second-order valence-corrected chi connectivity index (χ2v) is 8.11. The molecule has 0 bridgehead atoms. The van der Waals surface area contributed by atoms with Crippen LogP contribution in [0.5, 0.6) is 5.75 Å². The lowest BCUT2D eigenvalue weighted by Gasteiger charge is -2.18. The molecule has 2 amide bonds. The summed E-state index contributed by atoms with van der Waals surface area (Å²) in [5.41, 5.74) is 5.17. The predicted octanol–water partition coefficient (Wildman–Crippen LogP) is 5.67. The van der Waals surface area contributed by atoms with Gasteiger partial charge in [-0.15, -0.1) is 0 Å². The number of hydrogen-bond acceptors (Lipinski definition) is 4. The summed E-state index contributed by atoms with van der Waals surface area (Å²) in [4.78, 5) is 28.4. The Balaban J connectivity index is 1.89. The van der Waals surface area contributed by atoms with Crippen LogP contribution in [-0.2, 0) is 9.59 Å². The van der Waals surface area contributed by atoms with Crippen molar-refractivity contribution < 1.29 is 14.3 Å². The largest absolute Gasteiger partial charge is 0.495 e. The number of aryl methyl sites for hydroxylation is 2. The molecule has 0 saturated heterocycles. The van der Waals surface area contributed by atoms with E-state index >= 15 is 0 Å². The number of hydrogen-bond donors (Lipinski definition) is 1. The average Bonchev–Trinajstić information content (AvgIpc) is 3.02. The van der Waals surface area contributed by atoms with E-state index in [1.807, 2.05) is 45.0 Å². The number of nitrogens with one attached hydrogen (secondary N) is 1. The Hall–Kier alpha value is -3.57. The third-order valence-corrected chi connectivity index (χ3v) is 6.14. The average molecular weight is 447 g/mol. The highest BCUT2D eigenvalue weighted by atomic mass is 35.5. The molecule has 0 saturated carbocycles. The summed E-state index contributed by atoms with van der Waals surface area (Å²) in [6.07, 6.45) is 0. The lowest BCUT2D eigenvalue weighted by atomic mass is 9.99. The van der Waals surface area contributed by atoms with Crippen LogP contribution in [0.4, 0.5) is 11.4 Å². The first kappa shape index (κ1) is 21.7. The van der Waals surface area contributed by atoms with Crippen LogP contribution in [0, 0.1) is 20.8 Å². The van der Waals surface area contributed by atoms with Crippen molar-refractivity contribution in [3.8, 4) is 5.75 Å². The van der Waals surface area contributed by atoms with Gasteiger partial charge in [-0.05, 0) is 67.3 Å². The molecule has 6 heteroatoms. The minimum atomic E-state index is -0.452. The van der Waals surface area contributed by atoms with Gasteiger partial charge in [-0.3, -0.25) is 9.59 Å². The van der Waals surface area contributed by atoms with Crippen molar-refractivity contribution in [3.05, 3.63) is 93.6 Å². The van der Waals surface area contributed by atoms with E-state index in [1.54, 1.807) is 36.4 Å². The maximum atomic E-state index is 13.7. The van der Waals surface area contributed by atoms with E-state index in [-0.39, 0.29) is 5.70 Å². The van der Waals surface area contributed by atoms with Crippen molar-refractivity contribution >= 4 is 40.4 Å². The Labute approximate surface area is 192 Å². The summed E-state index contributed by atoms with van der Waals surface area (Å²) in [6.45, 7) is 5.85. The van der Waals surface area contributed by atoms with Crippen molar-refractivity contribution in [1.29, 1.82) is 0 Å². The van der Waals surface area contributed by atoms with Crippen LogP contribution in [0.3, 0.4) is 0 Å². The SMILES string of the molecule is COc1ccccc1N1C(=O)C(Nc2cccc(Cl)c2C)=C(c2ccc(C)c(C)c2)C1=O. The molecule has 1 aliphatic heterocycles. The minimum absolute atomic E-state index is 0.203. The number of halogens is 1. The maximum absolute atomic E-state index is 13.7. The van der Waals surface area contributed by atoms with Crippen molar-refractivity contribution in [2.75, 3.05) is 17.3 Å². The van der Waals surface area contributed by atoms with E-state index in [1.165, 1.54) is 7.11 Å². The first-order valence-electron chi connectivity index (χ1n) is 10.2. The molecule has 4 rings (SSSR count). The number of carbonyl (C=O) groups excluding carboxylic acids is 2. The second kappa shape index (κ2) is 8.52. The first-order valence-corrected chi connectivity index (χ1v) is 10.6. The molecule has 1 N–H and O–H groups in total. The fourth-order valence-electron chi connectivity index (χ4n) is 3.72. The zero-order valence-electron chi connectivity index (χ0n) is 18.3. The van der Waals surface area contributed by atoms with E-state index in [0.29, 0.717) is 33.3 Å². The van der Waals surface area contributed by atoms with Gasteiger partial charge in [-0.25, -0.2) is 4.90 Å². The number of benzene rings is 3. The molecule has 0 unspecified atom stereocenters. The van der Waals surface area contributed by atoms with Gasteiger partial charge in [0.05, 0.1) is 18.4 Å². The number of ether oxygens (including phenoxy) is 1. The summed E-state index contributed by atoms with van der Waals surface area (Å²) < 4.78 is 5.42. The highest BCUT2D eigenvalue weighted by Gasteiger charge is 2.41. The monoisotopic (exact) mass is 446 g/mol. The standard InChI is InChI=1S/C26H23ClN2O3/c1-15-12-13-18(14-16(15)2)23-24(28-20-9-7-8-19(27)17(20)3)26(31)29(25(23)30)21-10-5-6-11-22(21)32-4/h5-14,28H,1-4H3. The molecule has 162 valence electrons. The quantitative estimate of drug-likeness (QED) is 0.513. The zero-order chi connectivity index (χ0) is 23.0. The normalized spacial score (nSPS) is 13.7. The molecule has 32 heavy (non-hydrogen) atoms. The Morgan fingerprint density at radius 2 is 1.62 bits per heavy atom. The van der Waals surface area contributed by atoms with Crippen LogP contribution in [0.15, 0.2) is 66.4 Å². The fourth-order valence-corrected chi connectivity index (χ4v) is 3.90. The Morgan fingerprint density at radius 3 is 2.34 bits per heavy atom. The smallest absolute Gasteiger partial charge is 0.282 e. The van der Waals surface area contributed by atoms with Gasteiger partial charge in [0.1, 0.15) is 11.4 Å². The number of rotatable bonds is 5. The molecule has 0 radical (unpaired) electrons. The summed E-state index contributed by atoms with van der Waals surface area (Å²) >= 11 is 6.29. The van der Waals surface area contributed by atoms with Crippen LogP contribution in [-0.4, -0.2) is 18.9 Å². The molecule has 3 aromatic rings. The van der Waals surface area contributed by atoms with Gasteiger partial charge >= 0.3 is 0 Å². The number of imide groups is 1. The van der Waals surface area contributed by atoms with Crippen LogP contribution in [0.1, 0.15) is 22.3 Å². The van der Waals surface area contributed by atoms with Crippen LogP contribution in [0.2, 0.25) is 5.02 Å². The second-order valence-electron chi connectivity index (χ2n) is 7.70. The van der Waals surface area contributed by atoms with Crippen LogP contribution >= 0.6 is 11.6 Å². The Kier molecular flexibility index (Phi) is 5.76. The lowest BCUT2D eigenvalue weighted by molar-refractivity contribution is -0.120. The summed E-state index contributed by atoms with van der Waals surface area (Å²) in [6, 6.07) is 18.1. The molecular weight excluding hydrogens is 424 g/mol. The first-order chi connectivity index (χ1) is 15.3. The Bertz CT molecular complexity index is 1280. The summed E-state index contributed by atoms with van der Waals surface area (Å²) in [7, 11) is 1.51. The van der Waals surface area contributed by atoms with Crippen molar-refractivity contribution in [2.45, 2.75) is 20.8 Å². The minimum Gasteiger partial charge on any atom is -0.495 e. The molecule has 1 heterocycles. The van der Waals surface area contributed by atoms with E-state index in [2.05, 4.69) is 5.32 Å². The molecule has 0 spiro atoms. The number of methoxy groups -OCH3 is 1. The van der Waals surface area contributed by atoms with Gasteiger partial charge in [-0.2, -0.15) is 0 Å². The lowest BCUT2D eigenvalue weighted by Crippen LogP contribution is -2.32. The van der Waals surface area contributed by atoms with Gasteiger partial charge < -0.3 is 10.1 Å². The molecule has 0 fully saturated rings. The van der Waals surface area contributed by atoms with E-state index in [0.717, 1.165) is 21.6 Å². The fraction of sp³-hybridized carbons (Fsp3) is 0.154. The van der Waals surface area contributed by atoms with Gasteiger partial charge in [-0.1, -0.05) is 48.0 Å². The Morgan fingerprint density at radius 1 is 0.875 bits per heavy atom. The third kappa shape index (κ3) is 3.65. The number of para-hydroxylation sites is 2. The van der Waals surface area contributed by atoms with Gasteiger partial charge in [0, 0.05) is 10.7 Å². The van der Waals surface area contributed by atoms with Crippen molar-refractivity contribution in [2.24, 2.45) is 0 Å². The van der Waals surface area contributed by atoms with Crippen LogP contribution in [0.25, 0.3) is 5.57 Å². The van der Waals surface area contributed by atoms with E-state index in [9.17, 15) is 9.59 Å².